The maximum atomic E-state index is 11.9. The van der Waals surface area contributed by atoms with Crippen molar-refractivity contribution in [2.24, 2.45) is 0 Å². The van der Waals surface area contributed by atoms with Gasteiger partial charge in [0.25, 0.3) is 0 Å². The van der Waals surface area contributed by atoms with Crippen LogP contribution in [-0.2, 0) is 11.2 Å². The van der Waals surface area contributed by atoms with Gasteiger partial charge in [-0.25, -0.2) is 4.79 Å². The van der Waals surface area contributed by atoms with Crippen LogP contribution in [0.4, 0.5) is 0 Å². The SMILES string of the molecule is CCN(CC)CCNC(=O)Cc1cc2ccccc2oc1=O. The second kappa shape index (κ2) is 7.75. The molecule has 0 saturated carbocycles. The molecule has 0 fully saturated rings. The molecule has 2 aromatic rings. The molecule has 2 rings (SSSR count). The van der Waals surface area contributed by atoms with Crippen LogP contribution in [0.5, 0.6) is 0 Å². The third-order valence-corrected chi connectivity index (χ3v) is 3.71. The van der Waals surface area contributed by atoms with Gasteiger partial charge >= 0.3 is 5.63 Å². The number of hydrogen-bond donors (Lipinski definition) is 1. The number of hydrogen-bond acceptors (Lipinski definition) is 4. The number of fused-ring (bicyclic) bond motifs is 1. The molecule has 0 spiro atoms. The Morgan fingerprint density at radius 1 is 1.23 bits per heavy atom. The van der Waals surface area contributed by atoms with E-state index in [2.05, 4.69) is 24.1 Å². The molecule has 0 atom stereocenters. The molecule has 0 radical (unpaired) electrons. The molecule has 5 heteroatoms. The number of likely N-dealkylation sites (N-methyl/N-ethyl adjacent to an activating group) is 1. The molecule has 0 bridgehead atoms. The number of carbonyl (C=O) groups is 1. The van der Waals surface area contributed by atoms with Crippen molar-refractivity contribution in [3.8, 4) is 0 Å². The minimum atomic E-state index is -0.447. The molecular weight excluding hydrogens is 280 g/mol. The lowest BCUT2D eigenvalue weighted by Gasteiger charge is -2.17. The first kappa shape index (κ1) is 16.2. The summed E-state index contributed by atoms with van der Waals surface area (Å²) in [6.45, 7) is 7.49. The molecule has 0 aliphatic heterocycles. The molecule has 1 N–H and O–H groups in total. The van der Waals surface area contributed by atoms with Gasteiger partial charge in [0.2, 0.25) is 5.91 Å². The van der Waals surface area contributed by atoms with E-state index < -0.39 is 5.63 Å². The van der Waals surface area contributed by atoms with Crippen molar-refractivity contribution in [1.29, 1.82) is 0 Å². The fourth-order valence-corrected chi connectivity index (χ4v) is 2.36. The van der Waals surface area contributed by atoms with Crippen LogP contribution < -0.4 is 10.9 Å². The van der Waals surface area contributed by atoms with E-state index in [0.717, 1.165) is 25.0 Å². The molecule has 0 aliphatic rings. The first-order valence-corrected chi connectivity index (χ1v) is 7.64. The van der Waals surface area contributed by atoms with Gasteiger partial charge in [-0.3, -0.25) is 4.79 Å². The Bertz CT molecular complexity index is 690. The predicted octanol–water partition coefficient (Wildman–Crippen LogP) is 1.79. The van der Waals surface area contributed by atoms with Gasteiger partial charge in [-0.15, -0.1) is 0 Å². The second-order valence-corrected chi connectivity index (χ2v) is 5.15. The average molecular weight is 302 g/mol. The summed E-state index contributed by atoms with van der Waals surface area (Å²) in [5, 5.41) is 3.67. The van der Waals surface area contributed by atoms with Crippen LogP contribution in [0.3, 0.4) is 0 Å². The van der Waals surface area contributed by atoms with Crippen LogP contribution >= 0.6 is 0 Å². The van der Waals surface area contributed by atoms with Crippen molar-refractivity contribution in [2.45, 2.75) is 20.3 Å². The Kier molecular flexibility index (Phi) is 5.72. The van der Waals surface area contributed by atoms with Crippen molar-refractivity contribution in [2.75, 3.05) is 26.2 Å². The van der Waals surface area contributed by atoms with E-state index in [1.165, 1.54) is 0 Å². The number of rotatable bonds is 7. The Balaban J connectivity index is 1.97. The van der Waals surface area contributed by atoms with Crippen molar-refractivity contribution >= 4 is 16.9 Å². The van der Waals surface area contributed by atoms with Gasteiger partial charge < -0.3 is 14.6 Å². The molecule has 5 nitrogen and oxygen atoms in total. The number of para-hydroxylation sites is 1. The summed E-state index contributed by atoms with van der Waals surface area (Å²) in [6.07, 6.45) is 0.0470. The fraction of sp³-hybridized carbons (Fsp3) is 0.412. The predicted molar refractivity (Wildman–Crippen MR) is 87.0 cm³/mol. The zero-order valence-electron chi connectivity index (χ0n) is 13.1. The number of nitrogens with one attached hydrogen (secondary N) is 1. The van der Waals surface area contributed by atoms with Gasteiger partial charge in [0.1, 0.15) is 5.58 Å². The van der Waals surface area contributed by atoms with E-state index in [1.54, 1.807) is 12.1 Å². The summed E-state index contributed by atoms with van der Waals surface area (Å²) in [7, 11) is 0. The summed E-state index contributed by atoms with van der Waals surface area (Å²) in [5.74, 6) is -0.158. The Morgan fingerprint density at radius 2 is 1.95 bits per heavy atom. The minimum absolute atomic E-state index is 0.0470. The van der Waals surface area contributed by atoms with Gasteiger partial charge in [-0.1, -0.05) is 32.0 Å². The van der Waals surface area contributed by atoms with Crippen molar-refractivity contribution in [3.63, 3.8) is 0 Å². The molecule has 118 valence electrons. The molecule has 1 amide bonds. The lowest BCUT2D eigenvalue weighted by atomic mass is 10.1. The van der Waals surface area contributed by atoms with Crippen LogP contribution in [-0.4, -0.2) is 37.0 Å². The van der Waals surface area contributed by atoms with Crippen LogP contribution in [0.15, 0.2) is 39.5 Å². The average Bonchev–Trinajstić information content (AvgIpc) is 2.52. The molecule has 1 heterocycles. The van der Waals surface area contributed by atoms with E-state index >= 15 is 0 Å². The molecule has 22 heavy (non-hydrogen) atoms. The Morgan fingerprint density at radius 3 is 2.68 bits per heavy atom. The maximum absolute atomic E-state index is 11.9. The second-order valence-electron chi connectivity index (χ2n) is 5.15. The van der Waals surface area contributed by atoms with Crippen molar-refractivity contribution in [3.05, 3.63) is 46.3 Å². The zero-order chi connectivity index (χ0) is 15.9. The van der Waals surface area contributed by atoms with Crippen LogP contribution in [0, 0.1) is 0 Å². The Hall–Kier alpha value is -2.14. The van der Waals surface area contributed by atoms with Crippen molar-refractivity contribution in [1.82, 2.24) is 10.2 Å². The molecular formula is C17H22N2O3. The fourth-order valence-electron chi connectivity index (χ4n) is 2.36. The topological polar surface area (TPSA) is 62.6 Å². The molecule has 0 unspecified atom stereocenters. The summed E-state index contributed by atoms with van der Waals surface area (Å²) in [6, 6.07) is 9.01. The highest BCUT2D eigenvalue weighted by atomic mass is 16.4. The maximum Gasteiger partial charge on any atom is 0.339 e. The molecule has 1 aromatic heterocycles. The van der Waals surface area contributed by atoms with Crippen LogP contribution in [0.2, 0.25) is 0 Å². The summed E-state index contributed by atoms with van der Waals surface area (Å²) >= 11 is 0. The zero-order valence-corrected chi connectivity index (χ0v) is 13.1. The van der Waals surface area contributed by atoms with Crippen molar-refractivity contribution < 1.29 is 9.21 Å². The van der Waals surface area contributed by atoms with Gasteiger partial charge in [0.05, 0.1) is 6.42 Å². The van der Waals surface area contributed by atoms with E-state index in [9.17, 15) is 9.59 Å². The van der Waals surface area contributed by atoms with Gasteiger partial charge in [-0.05, 0) is 25.2 Å². The largest absolute Gasteiger partial charge is 0.423 e. The smallest absolute Gasteiger partial charge is 0.339 e. The first-order chi connectivity index (χ1) is 10.6. The van der Waals surface area contributed by atoms with Gasteiger partial charge in [0, 0.05) is 24.0 Å². The summed E-state index contributed by atoms with van der Waals surface area (Å²) in [4.78, 5) is 26.1. The summed E-state index contributed by atoms with van der Waals surface area (Å²) < 4.78 is 5.23. The molecule has 0 aliphatic carbocycles. The minimum Gasteiger partial charge on any atom is -0.423 e. The number of carbonyl (C=O) groups excluding carboxylic acids is 1. The number of amides is 1. The van der Waals surface area contributed by atoms with E-state index in [4.69, 9.17) is 4.42 Å². The number of benzene rings is 1. The molecule has 0 saturated heterocycles. The first-order valence-electron chi connectivity index (χ1n) is 7.64. The van der Waals surface area contributed by atoms with Gasteiger partial charge in [-0.2, -0.15) is 0 Å². The monoisotopic (exact) mass is 302 g/mol. The highest BCUT2D eigenvalue weighted by Gasteiger charge is 2.10. The summed E-state index contributed by atoms with van der Waals surface area (Å²) in [5.41, 5.74) is 0.481. The van der Waals surface area contributed by atoms with Crippen LogP contribution in [0.1, 0.15) is 19.4 Å². The highest BCUT2D eigenvalue weighted by Crippen LogP contribution is 2.12. The quantitative estimate of drug-likeness (QED) is 0.792. The lowest BCUT2D eigenvalue weighted by molar-refractivity contribution is -0.120. The highest BCUT2D eigenvalue weighted by molar-refractivity contribution is 5.81. The third kappa shape index (κ3) is 4.18. The lowest BCUT2D eigenvalue weighted by Crippen LogP contribution is -2.35. The Labute approximate surface area is 129 Å². The van der Waals surface area contributed by atoms with E-state index in [1.807, 2.05) is 18.2 Å². The standard InChI is InChI=1S/C17H22N2O3/c1-3-19(4-2)10-9-18-16(20)12-14-11-13-7-5-6-8-15(13)22-17(14)21/h5-8,11H,3-4,9-10,12H2,1-2H3,(H,18,20). The van der Waals surface area contributed by atoms with E-state index in [0.29, 0.717) is 17.7 Å². The van der Waals surface area contributed by atoms with E-state index in [-0.39, 0.29) is 12.3 Å². The number of nitrogens with zero attached hydrogens (tertiary/aromatic N) is 1. The normalized spacial score (nSPS) is 11.0. The third-order valence-electron chi connectivity index (χ3n) is 3.71. The van der Waals surface area contributed by atoms with Gasteiger partial charge in [0.15, 0.2) is 0 Å². The van der Waals surface area contributed by atoms with Crippen LogP contribution in [0.25, 0.3) is 11.0 Å². The molecule has 1 aromatic carbocycles.